The molecule has 0 aromatic carbocycles. The van der Waals surface area contributed by atoms with Crippen molar-refractivity contribution in [2.75, 3.05) is 27.9 Å². The molecule has 0 radical (unpaired) electrons. The number of ketones is 3. The van der Waals surface area contributed by atoms with Crippen molar-refractivity contribution >= 4 is 51.8 Å². The second-order valence-electron chi connectivity index (χ2n) is 19.2. The van der Waals surface area contributed by atoms with Gasteiger partial charge < -0.3 is 43.9 Å². The van der Waals surface area contributed by atoms with Crippen molar-refractivity contribution in [2.24, 2.45) is 29.6 Å². The van der Waals surface area contributed by atoms with Crippen LogP contribution in [0.5, 0.6) is 0 Å². The highest BCUT2D eigenvalue weighted by Crippen LogP contribution is 2.38. The number of carbonyl (C=O) groups excluding carboxylic acids is 5. The highest BCUT2D eigenvalue weighted by molar-refractivity contribution is 14.1. The fourth-order valence-electron chi connectivity index (χ4n) is 9.88. The Morgan fingerprint density at radius 1 is 0.877 bits per heavy atom. The lowest BCUT2D eigenvalue weighted by Gasteiger charge is -2.42. The minimum absolute atomic E-state index is 0.0181. The number of piperidine rings is 1. The number of fused-ring (bicyclic) bond motifs is 3. The van der Waals surface area contributed by atoms with Crippen molar-refractivity contribution in [1.29, 1.82) is 0 Å². The second-order valence-corrected chi connectivity index (χ2v) is 20.5. The van der Waals surface area contributed by atoms with E-state index in [1.807, 2.05) is 80.7 Å². The van der Waals surface area contributed by atoms with Crippen LogP contribution in [0.25, 0.3) is 0 Å². The number of carbonyl (C=O) groups is 5. The van der Waals surface area contributed by atoms with Crippen LogP contribution < -0.4 is 0 Å². The number of methoxy groups -OCH3 is 3. The molecule has 1 saturated carbocycles. The molecule has 15 heteroatoms. The third-order valence-electron chi connectivity index (χ3n) is 14.2. The molecule has 4 aliphatic rings. The molecule has 65 heavy (non-hydrogen) atoms. The van der Waals surface area contributed by atoms with E-state index in [1.54, 1.807) is 34.1 Å². The summed E-state index contributed by atoms with van der Waals surface area (Å²) in [7, 11) is 4.52. The number of allylic oxidation sites excluding steroid dienone is 6. The van der Waals surface area contributed by atoms with Crippen LogP contribution in [0.3, 0.4) is 0 Å². The predicted octanol–water partition coefficient (Wildman–Crippen LogP) is 6.35. The van der Waals surface area contributed by atoms with Gasteiger partial charge in [0.25, 0.3) is 11.7 Å². The number of alkyl halides is 1. The maximum Gasteiger partial charge on any atom is 0.329 e. The number of esters is 1. The van der Waals surface area contributed by atoms with Gasteiger partial charge in [-0.1, -0.05) is 86.7 Å². The number of aliphatic hydroxyl groups is 3. The predicted molar refractivity (Wildman–Crippen MR) is 254 cm³/mol. The summed E-state index contributed by atoms with van der Waals surface area (Å²) in [5.74, 6) is -7.24. The first-order valence-corrected chi connectivity index (χ1v) is 24.8. The lowest BCUT2D eigenvalue weighted by Crippen LogP contribution is -2.61. The minimum atomic E-state index is -2.43. The number of hydrogen-bond donors (Lipinski definition) is 3. The number of aliphatic hydroxyl groups excluding tert-OH is 2. The topological polar surface area (TPSA) is 195 Å². The molecule has 14 nitrogen and oxygen atoms in total. The van der Waals surface area contributed by atoms with Gasteiger partial charge in [-0.15, -0.1) is 0 Å². The van der Waals surface area contributed by atoms with Crippen LogP contribution in [0.15, 0.2) is 47.6 Å². The molecular formula is C50H76INO13. The maximum absolute atomic E-state index is 14.4. The lowest BCUT2D eigenvalue weighted by molar-refractivity contribution is -0.265. The van der Waals surface area contributed by atoms with Crippen molar-refractivity contribution in [3.05, 3.63) is 47.6 Å². The highest BCUT2D eigenvalue weighted by Gasteiger charge is 2.53. The molecule has 3 N–H and O–H groups in total. The van der Waals surface area contributed by atoms with Crippen molar-refractivity contribution in [3.63, 3.8) is 0 Å². The monoisotopic (exact) mass is 1030 g/mol. The Morgan fingerprint density at radius 2 is 1.60 bits per heavy atom. The van der Waals surface area contributed by atoms with E-state index < -0.39 is 81.9 Å². The molecule has 0 aromatic heterocycles. The fraction of sp³-hybridized carbons (Fsp3) is 0.740. The zero-order chi connectivity index (χ0) is 48.2. The zero-order valence-corrected chi connectivity index (χ0v) is 42.1. The molecule has 0 spiro atoms. The highest BCUT2D eigenvalue weighted by atomic mass is 127. The molecule has 2 saturated heterocycles. The number of cyclic esters (lactones) is 1. The van der Waals surface area contributed by atoms with E-state index in [-0.39, 0.29) is 54.8 Å². The van der Waals surface area contributed by atoms with Crippen LogP contribution in [-0.2, 0) is 47.7 Å². The summed E-state index contributed by atoms with van der Waals surface area (Å²) in [6, 6.07) is -1.14. The maximum atomic E-state index is 14.4. The van der Waals surface area contributed by atoms with E-state index in [2.05, 4.69) is 0 Å². The average molecular weight is 1030 g/mol. The quantitative estimate of drug-likeness (QED) is 0.0877. The zero-order valence-electron chi connectivity index (χ0n) is 40.0. The number of halogens is 1. The van der Waals surface area contributed by atoms with Gasteiger partial charge in [0, 0.05) is 52.6 Å². The normalized spacial score (nSPS) is 40.4. The first kappa shape index (κ1) is 55.0. The van der Waals surface area contributed by atoms with E-state index in [4.69, 9.17) is 23.7 Å². The largest absolute Gasteiger partial charge is 0.460 e. The van der Waals surface area contributed by atoms with E-state index in [0.717, 1.165) is 12.0 Å². The van der Waals surface area contributed by atoms with Crippen molar-refractivity contribution < 1.29 is 63.0 Å². The molecule has 366 valence electrons. The summed E-state index contributed by atoms with van der Waals surface area (Å²) in [5.41, 5.74) is 1.26. The Kier molecular flexibility index (Phi) is 21.7. The van der Waals surface area contributed by atoms with Gasteiger partial charge in [0.05, 0.1) is 28.3 Å². The first-order valence-electron chi connectivity index (χ1n) is 23.6. The fourth-order valence-corrected chi connectivity index (χ4v) is 10.7. The second kappa shape index (κ2) is 25.6. The van der Waals surface area contributed by atoms with Crippen molar-refractivity contribution in [2.45, 2.75) is 177 Å². The molecular weight excluding hydrogens is 949 g/mol. The van der Waals surface area contributed by atoms with Gasteiger partial charge in [-0.05, 0) is 107 Å². The van der Waals surface area contributed by atoms with Gasteiger partial charge in [0.15, 0.2) is 11.6 Å². The van der Waals surface area contributed by atoms with Crippen LogP contribution in [0.1, 0.15) is 119 Å². The Balaban J connectivity index is 1.70. The number of ether oxygens (including phenoxy) is 5. The number of amides is 1. The summed E-state index contributed by atoms with van der Waals surface area (Å²) < 4.78 is 28.6. The standard InChI is InChI=1S/C50H76INO13/c1-29-15-11-10-12-16-30(2)41(61-7)27-36-20-18-34(6)50(60,65-36)47(57)48(58)52-22-14-13-17-38(52)49(59)64-42(31(3)24-35-19-21-39(53)43(26-35)62-8)28-40(54)37(51)25-33(5)45(56)46(63-9)44(55)32(4)23-29/h10-12,15-16,25,29,31-32,34-39,41-43,45-46,53,56,60H,13-14,17-24,26-28H2,1-9H3/b12-10+,15-11+,30-16+,33-25+/t29-,31-,32-,34-,35+,36+,37-,38?,39?,41?,42+,43-,45?,46+,50?/m1/s1. The third-order valence-corrected chi connectivity index (χ3v) is 15.2. The molecule has 3 aliphatic heterocycles. The van der Waals surface area contributed by atoms with Gasteiger partial charge in [0.1, 0.15) is 24.4 Å². The van der Waals surface area contributed by atoms with Crippen LogP contribution >= 0.6 is 22.6 Å². The van der Waals surface area contributed by atoms with Crippen LogP contribution in [0.2, 0.25) is 0 Å². The molecule has 1 aliphatic carbocycles. The van der Waals surface area contributed by atoms with Gasteiger partial charge in [0.2, 0.25) is 5.79 Å². The Morgan fingerprint density at radius 3 is 2.28 bits per heavy atom. The number of rotatable bonds is 6. The van der Waals surface area contributed by atoms with Gasteiger partial charge in [-0.25, -0.2) is 4.79 Å². The molecule has 0 aromatic rings. The van der Waals surface area contributed by atoms with Crippen LogP contribution in [0, 0.1) is 29.6 Å². The van der Waals surface area contributed by atoms with Crippen molar-refractivity contribution in [3.8, 4) is 0 Å². The molecule has 2 bridgehead atoms. The summed E-state index contributed by atoms with van der Waals surface area (Å²) in [5, 5.41) is 33.8. The van der Waals surface area contributed by atoms with Gasteiger partial charge in [-0.2, -0.15) is 0 Å². The first-order chi connectivity index (χ1) is 30.7. The molecule has 5 unspecified atom stereocenters. The lowest BCUT2D eigenvalue weighted by atomic mass is 9.78. The van der Waals surface area contributed by atoms with E-state index in [1.165, 1.54) is 12.0 Å². The van der Waals surface area contributed by atoms with E-state index >= 15 is 0 Å². The number of hydrogen-bond acceptors (Lipinski definition) is 13. The summed E-state index contributed by atoms with van der Waals surface area (Å²) in [6.07, 6.45) is 11.1. The molecule has 1 amide bonds. The Hall–Kier alpha value is -2.64. The smallest absolute Gasteiger partial charge is 0.329 e. The molecule has 3 heterocycles. The molecule has 4 rings (SSSR count). The van der Waals surface area contributed by atoms with E-state index in [9.17, 15) is 39.3 Å². The van der Waals surface area contributed by atoms with Crippen molar-refractivity contribution in [1.82, 2.24) is 4.90 Å². The summed E-state index contributed by atoms with van der Waals surface area (Å²) in [6.45, 7) is 11.0. The minimum Gasteiger partial charge on any atom is -0.460 e. The van der Waals surface area contributed by atoms with E-state index in [0.29, 0.717) is 63.4 Å². The molecule has 3 fully saturated rings. The van der Waals surface area contributed by atoms with Gasteiger partial charge in [-0.3, -0.25) is 19.2 Å². The van der Waals surface area contributed by atoms with Gasteiger partial charge >= 0.3 is 5.97 Å². The SMILES string of the molecule is COC1C[C@@H]2CC[C@@H](C)C(O)(O2)C(=O)C(=O)N2CCCCC2C(=O)O[C@H]([C@H](C)C[C@@H]2CCC(O)[C@H](OC)C2)CC(=O)[C@H](I)/C=C(\C)C(O)[C@@H](OC)C(=O)[C@H](C)C[C@H](C)/C=C/C=C/C=C/1C. The Labute approximate surface area is 400 Å². The van der Waals surface area contributed by atoms with Crippen LogP contribution in [0.4, 0.5) is 0 Å². The number of Topliss-reactive ketones (excluding diaryl/α,β-unsaturated/α-hetero) is 3. The number of nitrogens with zero attached hydrogens (tertiary/aromatic N) is 1. The molecule has 15 atom stereocenters. The third kappa shape index (κ3) is 14.7. The summed E-state index contributed by atoms with van der Waals surface area (Å²) in [4.78, 5) is 71.8. The van der Waals surface area contributed by atoms with Crippen LogP contribution in [-0.4, -0.2) is 136 Å². The Bertz CT molecular complexity index is 1760. The average Bonchev–Trinajstić information content (AvgIpc) is 3.28. The summed E-state index contributed by atoms with van der Waals surface area (Å²) >= 11 is 1.97.